The summed E-state index contributed by atoms with van der Waals surface area (Å²) in [6, 6.07) is 3.90. The second kappa shape index (κ2) is 7.15. The molecule has 0 aromatic carbocycles. The molecular weight excluding hydrogens is 268 g/mol. The molecule has 1 amide bonds. The molecule has 1 unspecified atom stereocenters. The Kier molecular flexibility index (Phi) is 5.81. The lowest BCUT2D eigenvalue weighted by molar-refractivity contribution is 0.0526. The van der Waals surface area contributed by atoms with Crippen molar-refractivity contribution in [1.82, 2.24) is 10.3 Å². The molecule has 1 heterocycles. The quantitative estimate of drug-likeness (QED) is 0.873. The van der Waals surface area contributed by atoms with Gasteiger partial charge in [-0.05, 0) is 39.8 Å². The summed E-state index contributed by atoms with van der Waals surface area (Å²) in [6.45, 7) is 7.98. The summed E-state index contributed by atoms with van der Waals surface area (Å²) in [4.78, 5) is 17.9. The van der Waals surface area contributed by atoms with Crippen LogP contribution in [0.25, 0.3) is 0 Å². The van der Waals surface area contributed by atoms with E-state index in [-0.39, 0.29) is 6.04 Å². The first kappa shape index (κ1) is 17.1. The van der Waals surface area contributed by atoms with Gasteiger partial charge < -0.3 is 20.3 Å². The lowest BCUT2D eigenvalue weighted by Crippen LogP contribution is -2.38. The Morgan fingerprint density at radius 2 is 2.10 bits per heavy atom. The van der Waals surface area contributed by atoms with E-state index in [1.54, 1.807) is 6.20 Å². The third kappa shape index (κ3) is 6.33. The van der Waals surface area contributed by atoms with E-state index in [0.717, 1.165) is 11.5 Å². The lowest BCUT2D eigenvalue weighted by atomic mass is 10.2. The molecule has 0 fully saturated rings. The van der Waals surface area contributed by atoms with Crippen LogP contribution in [0.5, 0.6) is 0 Å². The minimum Gasteiger partial charge on any atom is -0.444 e. The van der Waals surface area contributed by atoms with Crippen molar-refractivity contribution >= 4 is 17.6 Å². The van der Waals surface area contributed by atoms with Gasteiger partial charge in [0.2, 0.25) is 0 Å². The number of hydrogen-bond donors (Lipinski definition) is 2. The summed E-state index contributed by atoms with van der Waals surface area (Å²) >= 11 is 0. The normalized spacial score (nSPS) is 12.5. The smallest absolute Gasteiger partial charge is 0.407 e. The fourth-order valence-electron chi connectivity index (χ4n) is 1.73. The standard InChI is InChI=1S/C15H26N4O2/c1-11(10-17-14(20)21-15(2,3)4)18-12-8-7-9-16-13(12)19(5)6/h7-9,11,18H,10H2,1-6H3,(H,17,20). The van der Waals surface area contributed by atoms with Gasteiger partial charge in [-0.25, -0.2) is 9.78 Å². The first-order chi connectivity index (χ1) is 9.69. The molecule has 0 saturated carbocycles. The highest BCUT2D eigenvalue weighted by atomic mass is 16.6. The molecule has 6 nitrogen and oxygen atoms in total. The monoisotopic (exact) mass is 294 g/mol. The van der Waals surface area contributed by atoms with Crippen LogP contribution in [0.1, 0.15) is 27.7 Å². The highest BCUT2D eigenvalue weighted by Crippen LogP contribution is 2.20. The minimum atomic E-state index is -0.484. The molecule has 0 radical (unpaired) electrons. The van der Waals surface area contributed by atoms with E-state index in [2.05, 4.69) is 15.6 Å². The van der Waals surface area contributed by atoms with Crippen molar-refractivity contribution in [2.24, 2.45) is 0 Å². The van der Waals surface area contributed by atoms with Gasteiger partial charge in [0.15, 0.2) is 5.82 Å². The average molecular weight is 294 g/mol. The second-order valence-electron chi connectivity index (χ2n) is 6.20. The number of nitrogens with one attached hydrogen (secondary N) is 2. The minimum absolute atomic E-state index is 0.0559. The average Bonchev–Trinajstić information content (AvgIpc) is 2.35. The van der Waals surface area contributed by atoms with Crippen molar-refractivity contribution < 1.29 is 9.53 Å². The van der Waals surface area contributed by atoms with Gasteiger partial charge in [0, 0.05) is 32.9 Å². The van der Waals surface area contributed by atoms with Crippen LogP contribution in [0.4, 0.5) is 16.3 Å². The van der Waals surface area contributed by atoms with Crippen LogP contribution in [-0.2, 0) is 4.74 Å². The van der Waals surface area contributed by atoms with Crippen molar-refractivity contribution in [3.8, 4) is 0 Å². The molecule has 0 aliphatic heterocycles. The Morgan fingerprint density at radius 3 is 2.67 bits per heavy atom. The Bertz CT molecular complexity index is 469. The molecule has 21 heavy (non-hydrogen) atoms. The zero-order valence-corrected chi connectivity index (χ0v) is 13.7. The molecule has 1 rings (SSSR count). The summed E-state index contributed by atoms with van der Waals surface area (Å²) in [5.74, 6) is 0.863. The van der Waals surface area contributed by atoms with Crippen molar-refractivity contribution in [3.63, 3.8) is 0 Å². The predicted octanol–water partition coefficient (Wildman–Crippen LogP) is 2.47. The SMILES string of the molecule is CC(CNC(=O)OC(C)(C)C)Nc1cccnc1N(C)C. The third-order valence-electron chi connectivity index (χ3n) is 2.56. The topological polar surface area (TPSA) is 66.5 Å². The lowest BCUT2D eigenvalue weighted by Gasteiger charge is -2.23. The van der Waals surface area contributed by atoms with E-state index in [1.807, 2.05) is 58.8 Å². The Labute approximate surface area is 126 Å². The summed E-state index contributed by atoms with van der Waals surface area (Å²) in [6.07, 6.45) is 1.35. The number of carbonyl (C=O) groups excluding carboxylic acids is 1. The van der Waals surface area contributed by atoms with Gasteiger partial charge in [0.1, 0.15) is 5.60 Å². The maximum Gasteiger partial charge on any atom is 0.407 e. The van der Waals surface area contributed by atoms with Crippen molar-refractivity contribution in [2.45, 2.75) is 39.3 Å². The van der Waals surface area contributed by atoms with Crippen LogP contribution in [0.3, 0.4) is 0 Å². The highest BCUT2D eigenvalue weighted by molar-refractivity contribution is 5.68. The molecule has 1 aromatic rings. The molecule has 118 valence electrons. The van der Waals surface area contributed by atoms with Crippen molar-refractivity contribution in [3.05, 3.63) is 18.3 Å². The maximum absolute atomic E-state index is 11.6. The van der Waals surface area contributed by atoms with E-state index in [1.165, 1.54) is 0 Å². The van der Waals surface area contributed by atoms with E-state index in [9.17, 15) is 4.79 Å². The first-order valence-electron chi connectivity index (χ1n) is 7.05. The molecule has 6 heteroatoms. The Hall–Kier alpha value is -1.98. The van der Waals surface area contributed by atoms with E-state index < -0.39 is 11.7 Å². The number of hydrogen-bond acceptors (Lipinski definition) is 5. The Balaban J connectivity index is 2.51. The fraction of sp³-hybridized carbons (Fsp3) is 0.600. The number of rotatable bonds is 5. The zero-order chi connectivity index (χ0) is 16.0. The molecule has 0 bridgehead atoms. The summed E-state index contributed by atoms with van der Waals surface area (Å²) in [5.41, 5.74) is 0.448. The number of alkyl carbamates (subject to hydrolysis) is 1. The number of ether oxygens (including phenoxy) is 1. The van der Waals surface area contributed by atoms with Crippen LogP contribution < -0.4 is 15.5 Å². The Morgan fingerprint density at radius 1 is 1.43 bits per heavy atom. The fourth-order valence-corrected chi connectivity index (χ4v) is 1.73. The number of anilines is 2. The molecule has 0 aliphatic rings. The van der Waals surface area contributed by atoms with Gasteiger partial charge in [-0.2, -0.15) is 0 Å². The van der Waals surface area contributed by atoms with E-state index in [4.69, 9.17) is 4.74 Å². The number of aromatic nitrogens is 1. The number of amides is 1. The van der Waals surface area contributed by atoms with Gasteiger partial charge in [-0.1, -0.05) is 0 Å². The molecular formula is C15H26N4O2. The van der Waals surface area contributed by atoms with Crippen LogP contribution >= 0.6 is 0 Å². The summed E-state index contributed by atoms with van der Waals surface area (Å²) in [7, 11) is 3.88. The molecule has 0 spiro atoms. The van der Waals surface area contributed by atoms with Gasteiger partial charge in [-0.3, -0.25) is 0 Å². The van der Waals surface area contributed by atoms with Gasteiger partial charge >= 0.3 is 6.09 Å². The molecule has 0 saturated heterocycles. The summed E-state index contributed by atoms with van der Waals surface area (Å²) in [5, 5.41) is 6.09. The van der Waals surface area contributed by atoms with Gasteiger partial charge in [-0.15, -0.1) is 0 Å². The molecule has 1 aromatic heterocycles. The van der Waals surface area contributed by atoms with Gasteiger partial charge in [0.05, 0.1) is 5.69 Å². The largest absolute Gasteiger partial charge is 0.444 e. The summed E-state index contributed by atoms with van der Waals surface area (Å²) < 4.78 is 5.20. The van der Waals surface area contributed by atoms with Crippen molar-refractivity contribution in [1.29, 1.82) is 0 Å². The molecule has 0 aliphatic carbocycles. The molecule has 2 N–H and O–H groups in total. The second-order valence-corrected chi connectivity index (χ2v) is 6.20. The zero-order valence-electron chi connectivity index (χ0n) is 13.7. The number of carbonyl (C=O) groups is 1. The van der Waals surface area contributed by atoms with E-state index >= 15 is 0 Å². The van der Waals surface area contributed by atoms with Crippen LogP contribution in [-0.4, -0.2) is 43.4 Å². The van der Waals surface area contributed by atoms with Crippen LogP contribution in [0.15, 0.2) is 18.3 Å². The maximum atomic E-state index is 11.6. The van der Waals surface area contributed by atoms with E-state index in [0.29, 0.717) is 6.54 Å². The first-order valence-corrected chi connectivity index (χ1v) is 7.05. The van der Waals surface area contributed by atoms with Crippen molar-refractivity contribution in [2.75, 3.05) is 30.9 Å². The molecule has 1 atom stereocenters. The van der Waals surface area contributed by atoms with Gasteiger partial charge in [0.25, 0.3) is 0 Å². The highest BCUT2D eigenvalue weighted by Gasteiger charge is 2.16. The number of nitrogens with zero attached hydrogens (tertiary/aromatic N) is 2. The number of pyridine rings is 1. The predicted molar refractivity (Wildman–Crippen MR) is 85.9 cm³/mol. The van der Waals surface area contributed by atoms with Crippen LogP contribution in [0, 0.1) is 0 Å². The van der Waals surface area contributed by atoms with Crippen LogP contribution in [0.2, 0.25) is 0 Å². The third-order valence-corrected chi connectivity index (χ3v) is 2.56.